The summed E-state index contributed by atoms with van der Waals surface area (Å²) in [5, 5.41) is 6.62. The molecule has 142 valence electrons. The van der Waals surface area contributed by atoms with Gasteiger partial charge in [0.2, 0.25) is 5.91 Å². The Balaban J connectivity index is 1.45. The van der Waals surface area contributed by atoms with Crippen LogP contribution in [0.1, 0.15) is 61.3 Å². The highest BCUT2D eigenvalue weighted by Crippen LogP contribution is 2.34. The number of carbonyl (C=O) groups is 1. The van der Waals surface area contributed by atoms with Crippen LogP contribution in [0.25, 0.3) is 0 Å². The molecular weight excluding hydrogens is 336 g/mol. The van der Waals surface area contributed by atoms with E-state index in [1.807, 2.05) is 0 Å². The molecule has 2 aliphatic heterocycles. The summed E-state index contributed by atoms with van der Waals surface area (Å²) in [6.07, 6.45) is 1.51. The predicted octanol–water partition coefficient (Wildman–Crippen LogP) is 4.35. The minimum absolute atomic E-state index is 0.117. The average molecular weight is 364 g/mol. The van der Waals surface area contributed by atoms with Crippen LogP contribution < -0.4 is 15.4 Å². The fraction of sp³-hybridized carbons (Fsp3) is 0.435. The normalized spacial score (nSPS) is 19.4. The van der Waals surface area contributed by atoms with Crippen molar-refractivity contribution in [2.45, 2.75) is 58.0 Å². The smallest absolute Gasteiger partial charge is 0.224 e. The van der Waals surface area contributed by atoms with Crippen molar-refractivity contribution in [3.63, 3.8) is 0 Å². The third-order valence-electron chi connectivity index (χ3n) is 5.73. The zero-order valence-corrected chi connectivity index (χ0v) is 16.3. The largest absolute Gasteiger partial charge is 0.489 e. The van der Waals surface area contributed by atoms with E-state index in [2.05, 4.69) is 67.8 Å². The van der Waals surface area contributed by atoms with E-state index in [0.29, 0.717) is 37.5 Å². The highest BCUT2D eigenvalue weighted by Gasteiger charge is 2.23. The van der Waals surface area contributed by atoms with Gasteiger partial charge in [-0.1, -0.05) is 45.0 Å². The number of carbonyl (C=O) groups excluding carboxylic acids is 1. The number of hydrogen-bond acceptors (Lipinski definition) is 3. The Kier molecular flexibility index (Phi) is 4.81. The molecule has 0 bridgehead atoms. The molecule has 2 heterocycles. The lowest BCUT2D eigenvalue weighted by atomic mass is 9.89. The zero-order valence-electron chi connectivity index (χ0n) is 16.3. The maximum atomic E-state index is 11.5. The Morgan fingerprint density at radius 2 is 1.89 bits per heavy atom. The van der Waals surface area contributed by atoms with Gasteiger partial charge in [0.05, 0.1) is 18.2 Å². The number of hydrogen-bond donors (Lipinski definition) is 2. The van der Waals surface area contributed by atoms with Gasteiger partial charge in [-0.25, -0.2) is 0 Å². The van der Waals surface area contributed by atoms with Gasteiger partial charge >= 0.3 is 0 Å². The number of nitrogens with one attached hydrogen (secondary N) is 2. The van der Waals surface area contributed by atoms with Gasteiger partial charge in [-0.3, -0.25) is 4.79 Å². The Hall–Kier alpha value is -2.49. The molecule has 27 heavy (non-hydrogen) atoms. The molecule has 0 radical (unpaired) electrons. The monoisotopic (exact) mass is 364 g/mol. The number of anilines is 1. The molecule has 2 unspecified atom stereocenters. The molecule has 2 aromatic rings. The Bertz CT molecular complexity index is 859. The minimum Gasteiger partial charge on any atom is -0.489 e. The van der Waals surface area contributed by atoms with E-state index in [0.717, 1.165) is 23.4 Å². The first-order valence-corrected chi connectivity index (χ1v) is 9.91. The van der Waals surface area contributed by atoms with Gasteiger partial charge in [0.1, 0.15) is 12.4 Å². The second-order valence-electron chi connectivity index (χ2n) is 8.18. The summed E-state index contributed by atoms with van der Waals surface area (Å²) < 4.78 is 6.00. The van der Waals surface area contributed by atoms with Crippen molar-refractivity contribution in [2.24, 2.45) is 0 Å². The number of fused-ring (bicyclic) bond motifs is 2. The number of benzene rings is 2. The second kappa shape index (κ2) is 7.26. The van der Waals surface area contributed by atoms with Crippen LogP contribution in [0, 0.1) is 0 Å². The number of rotatable bonds is 4. The van der Waals surface area contributed by atoms with Crippen molar-refractivity contribution >= 4 is 11.6 Å². The number of amides is 1. The lowest BCUT2D eigenvalue weighted by Crippen LogP contribution is -2.33. The van der Waals surface area contributed by atoms with E-state index < -0.39 is 0 Å². The summed E-state index contributed by atoms with van der Waals surface area (Å²) in [6.45, 7) is 8.03. The van der Waals surface area contributed by atoms with Gasteiger partial charge < -0.3 is 15.4 Å². The summed E-state index contributed by atoms with van der Waals surface area (Å²) >= 11 is 0. The van der Waals surface area contributed by atoms with Gasteiger partial charge in [0.15, 0.2) is 0 Å². The summed E-state index contributed by atoms with van der Waals surface area (Å²) in [5.41, 5.74) is 6.17. The maximum absolute atomic E-state index is 11.5. The summed E-state index contributed by atoms with van der Waals surface area (Å²) in [7, 11) is 0. The fourth-order valence-electron chi connectivity index (χ4n) is 4.01. The summed E-state index contributed by atoms with van der Waals surface area (Å²) in [4.78, 5) is 11.5. The molecule has 2 aliphatic rings. The maximum Gasteiger partial charge on any atom is 0.224 e. The van der Waals surface area contributed by atoms with Crippen LogP contribution in [0.2, 0.25) is 0 Å². The second-order valence-corrected chi connectivity index (χ2v) is 8.18. The lowest BCUT2D eigenvalue weighted by molar-refractivity contribution is -0.121. The van der Waals surface area contributed by atoms with Gasteiger partial charge in [-0.15, -0.1) is 0 Å². The van der Waals surface area contributed by atoms with E-state index in [1.54, 1.807) is 0 Å². The SMILES string of the molecule is CC(C)c1ccc2c(c1)NC(CC(C)c1ccc3c(c1)CNC(=O)C3)CO2. The molecule has 4 heteroatoms. The molecule has 0 aliphatic carbocycles. The van der Waals surface area contributed by atoms with Crippen LogP contribution >= 0.6 is 0 Å². The van der Waals surface area contributed by atoms with Gasteiger partial charge in [-0.05, 0) is 52.6 Å². The average Bonchev–Trinajstić information content (AvgIpc) is 2.66. The first-order chi connectivity index (χ1) is 13.0. The highest BCUT2D eigenvalue weighted by molar-refractivity contribution is 5.80. The van der Waals surface area contributed by atoms with E-state index in [9.17, 15) is 4.79 Å². The predicted molar refractivity (Wildman–Crippen MR) is 108 cm³/mol. The van der Waals surface area contributed by atoms with Crippen LogP contribution in [-0.4, -0.2) is 18.6 Å². The lowest BCUT2D eigenvalue weighted by Gasteiger charge is -2.30. The van der Waals surface area contributed by atoms with Crippen LogP contribution in [-0.2, 0) is 17.8 Å². The fourth-order valence-corrected chi connectivity index (χ4v) is 4.01. The Morgan fingerprint density at radius 3 is 2.70 bits per heavy atom. The van der Waals surface area contributed by atoms with Gasteiger partial charge in [0, 0.05) is 6.54 Å². The molecule has 0 fully saturated rings. The van der Waals surface area contributed by atoms with Crippen molar-refractivity contribution in [3.05, 3.63) is 58.7 Å². The Labute approximate surface area is 161 Å². The number of ether oxygens (including phenoxy) is 1. The van der Waals surface area contributed by atoms with Crippen molar-refractivity contribution in [2.75, 3.05) is 11.9 Å². The van der Waals surface area contributed by atoms with Crippen LogP contribution in [0.4, 0.5) is 5.69 Å². The third-order valence-corrected chi connectivity index (χ3v) is 5.73. The minimum atomic E-state index is 0.117. The highest BCUT2D eigenvalue weighted by atomic mass is 16.5. The molecule has 2 aromatic carbocycles. The molecule has 0 spiro atoms. The van der Waals surface area contributed by atoms with Crippen molar-refractivity contribution < 1.29 is 9.53 Å². The van der Waals surface area contributed by atoms with Gasteiger partial charge in [0.25, 0.3) is 0 Å². The zero-order chi connectivity index (χ0) is 19.0. The molecule has 0 saturated heterocycles. The van der Waals surface area contributed by atoms with Crippen LogP contribution in [0.15, 0.2) is 36.4 Å². The Morgan fingerprint density at radius 1 is 1.07 bits per heavy atom. The van der Waals surface area contributed by atoms with E-state index >= 15 is 0 Å². The van der Waals surface area contributed by atoms with E-state index in [1.165, 1.54) is 16.7 Å². The van der Waals surface area contributed by atoms with Crippen LogP contribution in [0.5, 0.6) is 5.75 Å². The summed E-state index contributed by atoms with van der Waals surface area (Å²) in [5.74, 6) is 2.00. The molecule has 0 saturated carbocycles. The van der Waals surface area contributed by atoms with Crippen molar-refractivity contribution in [1.82, 2.24) is 5.32 Å². The third kappa shape index (κ3) is 3.80. The summed E-state index contributed by atoms with van der Waals surface area (Å²) in [6, 6.07) is 13.3. The molecular formula is C23H28N2O2. The molecule has 2 N–H and O–H groups in total. The van der Waals surface area contributed by atoms with E-state index in [-0.39, 0.29) is 5.91 Å². The quantitative estimate of drug-likeness (QED) is 0.848. The van der Waals surface area contributed by atoms with Gasteiger partial charge in [-0.2, -0.15) is 0 Å². The molecule has 1 amide bonds. The topological polar surface area (TPSA) is 50.4 Å². The molecule has 4 nitrogen and oxygen atoms in total. The first kappa shape index (κ1) is 17.9. The molecule has 2 atom stereocenters. The molecule has 4 rings (SSSR count). The van der Waals surface area contributed by atoms with Crippen molar-refractivity contribution in [1.29, 1.82) is 0 Å². The standard InChI is InChI=1S/C23H28N2O2/c1-14(2)16-6-7-22-21(10-16)25-20(13-27-22)8-15(3)17-4-5-18-11-23(26)24-12-19(18)9-17/h4-7,9-10,14-15,20,25H,8,11-13H2,1-3H3,(H,24,26). The first-order valence-electron chi connectivity index (χ1n) is 9.91. The molecule has 0 aromatic heterocycles. The van der Waals surface area contributed by atoms with Crippen LogP contribution in [0.3, 0.4) is 0 Å². The van der Waals surface area contributed by atoms with Crippen molar-refractivity contribution in [3.8, 4) is 5.75 Å². The van der Waals surface area contributed by atoms with E-state index in [4.69, 9.17) is 4.74 Å².